The number of likely N-dealkylation sites (tertiary alicyclic amines) is 1. The molecule has 0 bridgehead atoms. The Kier molecular flexibility index (Phi) is 6.57. The van der Waals surface area contributed by atoms with Crippen molar-refractivity contribution in [2.75, 3.05) is 20.7 Å². The Morgan fingerprint density at radius 3 is 2.70 bits per heavy atom. The maximum Gasteiger partial charge on any atom is 0.222 e. The number of aliphatic hydroxyl groups is 1. The lowest BCUT2D eigenvalue weighted by Gasteiger charge is -2.28. The minimum absolute atomic E-state index is 0.0837. The first-order valence-electron chi connectivity index (χ1n) is 8.28. The molecule has 1 aliphatic heterocycles. The SMILES string of the molecule is CO[C@H](CC(=O)N[C@H](C)[C@@H](O)c1ccccc1)C1CCCN1C. The second-order valence-corrected chi connectivity index (χ2v) is 6.38. The van der Waals surface area contributed by atoms with Gasteiger partial charge in [0.1, 0.15) is 0 Å². The Morgan fingerprint density at radius 1 is 1.43 bits per heavy atom. The number of benzene rings is 1. The van der Waals surface area contributed by atoms with Crippen molar-refractivity contribution >= 4 is 5.91 Å². The highest BCUT2D eigenvalue weighted by Gasteiger charge is 2.31. The highest BCUT2D eigenvalue weighted by Crippen LogP contribution is 2.22. The van der Waals surface area contributed by atoms with Crippen molar-refractivity contribution in [1.82, 2.24) is 10.2 Å². The number of hydrogen-bond donors (Lipinski definition) is 2. The molecule has 1 aliphatic rings. The molecule has 1 amide bonds. The molecular formula is C18H28N2O3. The van der Waals surface area contributed by atoms with Gasteiger partial charge in [0.15, 0.2) is 0 Å². The Balaban J connectivity index is 1.88. The summed E-state index contributed by atoms with van der Waals surface area (Å²) >= 11 is 0. The molecule has 0 aromatic heterocycles. The number of ether oxygens (including phenoxy) is 1. The van der Waals surface area contributed by atoms with Crippen LogP contribution in [0.3, 0.4) is 0 Å². The molecule has 23 heavy (non-hydrogen) atoms. The van der Waals surface area contributed by atoms with Gasteiger partial charge in [0.05, 0.1) is 24.7 Å². The molecule has 4 atom stereocenters. The van der Waals surface area contributed by atoms with Crippen molar-refractivity contribution < 1.29 is 14.6 Å². The van der Waals surface area contributed by atoms with E-state index >= 15 is 0 Å². The van der Waals surface area contributed by atoms with Gasteiger partial charge in [-0.25, -0.2) is 0 Å². The van der Waals surface area contributed by atoms with E-state index in [-0.39, 0.29) is 18.1 Å². The summed E-state index contributed by atoms with van der Waals surface area (Å²) in [6.07, 6.45) is 1.70. The monoisotopic (exact) mass is 320 g/mol. The average Bonchev–Trinajstić information content (AvgIpc) is 2.98. The van der Waals surface area contributed by atoms with E-state index in [4.69, 9.17) is 4.74 Å². The van der Waals surface area contributed by atoms with Crippen molar-refractivity contribution in [2.45, 2.75) is 50.5 Å². The van der Waals surface area contributed by atoms with E-state index in [1.54, 1.807) is 7.11 Å². The largest absolute Gasteiger partial charge is 0.386 e. The Bertz CT molecular complexity index is 494. The van der Waals surface area contributed by atoms with Gasteiger partial charge in [-0.1, -0.05) is 30.3 Å². The summed E-state index contributed by atoms with van der Waals surface area (Å²) in [5, 5.41) is 13.2. The zero-order valence-corrected chi connectivity index (χ0v) is 14.2. The van der Waals surface area contributed by atoms with Crippen LogP contribution in [0, 0.1) is 0 Å². The predicted molar refractivity (Wildman–Crippen MR) is 90.1 cm³/mol. The first kappa shape index (κ1) is 17.9. The van der Waals surface area contributed by atoms with Crippen LogP contribution in [0.2, 0.25) is 0 Å². The number of rotatable bonds is 7. The lowest BCUT2D eigenvalue weighted by atomic mass is 10.0. The number of nitrogens with one attached hydrogen (secondary N) is 1. The van der Waals surface area contributed by atoms with Crippen LogP contribution in [0.4, 0.5) is 0 Å². The number of likely N-dealkylation sites (N-methyl/N-ethyl adjacent to an activating group) is 1. The van der Waals surface area contributed by atoms with Crippen LogP contribution < -0.4 is 5.32 Å². The summed E-state index contributed by atoms with van der Waals surface area (Å²) in [7, 11) is 3.73. The molecular weight excluding hydrogens is 292 g/mol. The van der Waals surface area contributed by atoms with Crippen molar-refractivity contribution in [3.05, 3.63) is 35.9 Å². The third kappa shape index (κ3) is 4.77. The first-order valence-corrected chi connectivity index (χ1v) is 8.28. The smallest absolute Gasteiger partial charge is 0.222 e. The predicted octanol–water partition coefficient (Wildman–Crippen LogP) is 1.72. The zero-order chi connectivity index (χ0) is 16.8. The van der Waals surface area contributed by atoms with Crippen LogP contribution in [0.25, 0.3) is 0 Å². The molecule has 2 rings (SSSR count). The van der Waals surface area contributed by atoms with E-state index in [1.807, 2.05) is 37.3 Å². The van der Waals surface area contributed by atoms with E-state index < -0.39 is 6.10 Å². The van der Waals surface area contributed by atoms with Gasteiger partial charge in [0, 0.05) is 13.2 Å². The van der Waals surface area contributed by atoms with E-state index in [0.29, 0.717) is 12.5 Å². The van der Waals surface area contributed by atoms with Gasteiger partial charge in [0.25, 0.3) is 0 Å². The average molecular weight is 320 g/mol. The first-order chi connectivity index (χ1) is 11.0. The second kappa shape index (κ2) is 8.43. The molecule has 1 saturated heterocycles. The molecule has 0 spiro atoms. The van der Waals surface area contributed by atoms with Crippen LogP contribution in [-0.4, -0.2) is 54.8 Å². The number of hydrogen-bond acceptors (Lipinski definition) is 4. The summed E-state index contributed by atoms with van der Waals surface area (Å²) in [5.41, 5.74) is 0.805. The molecule has 0 aliphatic carbocycles. The van der Waals surface area contributed by atoms with E-state index in [0.717, 1.165) is 24.9 Å². The molecule has 128 valence electrons. The molecule has 1 aromatic rings. The fourth-order valence-corrected chi connectivity index (χ4v) is 3.30. The van der Waals surface area contributed by atoms with Gasteiger partial charge in [-0.15, -0.1) is 0 Å². The number of methoxy groups -OCH3 is 1. The lowest BCUT2D eigenvalue weighted by Crippen LogP contribution is -2.43. The molecule has 0 radical (unpaired) electrons. The van der Waals surface area contributed by atoms with Gasteiger partial charge in [-0.3, -0.25) is 4.79 Å². The third-order valence-electron chi connectivity index (χ3n) is 4.70. The number of amides is 1. The Hall–Kier alpha value is -1.43. The maximum absolute atomic E-state index is 12.3. The summed E-state index contributed by atoms with van der Waals surface area (Å²) in [5.74, 6) is -0.0837. The molecule has 0 saturated carbocycles. The number of aliphatic hydroxyl groups excluding tert-OH is 1. The summed E-state index contributed by atoms with van der Waals surface area (Å²) in [6, 6.07) is 9.33. The van der Waals surface area contributed by atoms with E-state index in [1.165, 1.54) is 0 Å². The third-order valence-corrected chi connectivity index (χ3v) is 4.70. The van der Waals surface area contributed by atoms with Crippen molar-refractivity contribution in [3.8, 4) is 0 Å². The van der Waals surface area contributed by atoms with Gasteiger partial charge < -0.3 is 20.1 Å². The van der Waals surface area contributed by atoms with E-state index in [9.17, 15) is 9.90 Å². The lowest BCUT2D eigenvalue weighted by molar-refractivity contribution is -0.126. The van der Waals surface area contributed by atoms with Gasteiger partial charge >= 0.3 is 0 Å². The van der Waals surface area contributed by atoms with Crippen LogP contribution in [0.1, 0.15) is 37.9 Å². The summed E-state index contributed by atoms with van der Waals surface area (Å²) in [6.45, 7) is 2.87. The molecule has 1 aromatic carbocycles. The molecule has 5 heteroatoms. The minimum atomic E-state index is -0.713. The summed E-state index contributed by atoms with van der Waals surface area (Å²) < 4.78 is 5.54. The normalized spacial score (nSPS) is 22.5. The number of carbonyl (C=O) groups is 1. The maximum atomic E-state index is 12.3. The highest BCUT2D eigenvalue weighted by molar-refractivity contribution is 5.77. The quantitative estimate of drug-likeness (QED) is 0.803. The second-order valence-electron chi connectivity index (χ2n) is 6.38. The molecule has 1 unspecified atom stereocenters. The number of carbonyl (C=O) groups excluding carboxylic acids is 1. The molecule has 1 heterocycles. The topological polar surface area (TPSA) is 61.8 Å². The van der Waals surface area contributed by atoms with Crippen LogP contribution >= 0.6 is 0 Å². The Labute approximate surface area is 138 Å². The highest BCUT2D eigenvalue weighted by atomic mass is 16.5. The molecule has 2 N–H and O–H groups in total. The van der Waals surface area contributed by atoms with Gasteiger partial charge in [0.2, 0.25) is 5.91 Å². The Morgan fingerprint density at radius 2 is 2.13 bits per heavy atom. The zero-order valence-electron chi connectivity index (χ0n) is 14.2. The van der Waals surface area contributed by atoms with Gasteiger partial charge in [-0.05, 0) is 38.9 Å². The van der Waals surface area contributed by atoms with Crippen LogP contribution in [0.5, 0.6) is 0 Å². The fraction of sp³-hybridized carbons (Fsp3) is 0.611. The van der Waals surface area contributed by atoms with Crippen molar-refractivity contribution in [3.63, 3.8) is 0 Å². The van der Waals surface area contributed by atoms with Crippen molar-refractivity contribution in [2.24, 2.45) is 0 Å². The van der Waals surface area contributed by atoms with Gasteiger partial charge in [-0.2, -0.15) is 0 Å². The molecule has 1 fully saturated rings. The summed E-state index contributed by atoms with van der Waals surface area (Å²) in [4.78, 5) is 14.6. The van der Waals surface area contributed by atoms with Crippen LogP contribution in [0.15, 0.2) is 30.3 Å². The molecule has 5 nitrogen and oxygen atoms in total. The standard InChI is InChI=1S/C18H28N2O3/c1-13(18(22)14-8-5-4-6-9-14)19-17(21)12-16(23-3)15-10-7-11-20(15)2/h4-6,8-9,13,15-16,18,22H,7,10-12H2,1-3H3,(H,19,21)/t13-,15?,16-,18-/m1/s1. The van der Waals surface area contributed by atoms with E-state index in [2.05, 4.69) is 17.3 Å². The van der Waals surface area contributed by atoms with Crippen LogP contribution in [-0.2, 0) is 9.53 Å². The number of nitrogens with zero attached hydrogens (tertiary/aromatic N) is 1. The van der Waals surface area contributed by atoms with Crippen molar-refractivity contribution in [1.29, 1.82) is 0 Å². The minimum Gasteiger partial charge on any atom is -0.386 e. The fourth-order valence-electron chi connectivity index (χ4n) is 3.30.